The maximum atomic E-state index is 12.6. The zero-order chi connectivity index (χ0) is 19.2. The van der Waals surface area contributed by atoms with Crippen LogP contribution in [0.2, 0.25) is 0 Å². The SMILES string of the molecule is C#CCNC(=O)c1cccc(S(=O)(=O)Nc2ccc(OCC)c(Br)c2)c1. The molecule has 26 heavy (non-hydrogen) atoms. The number of sulfonamides is 1. The molecule has 0 fully saturated rings. The highest BCUT2D eigenvalue weighted by Gasteiger charge is 2.17. The van der Waals surface area contributed by atoms with Crippen molar-refractivity contribution in [2.75, 3.05) is 17.9 Å². The summed E-state index contributed by atoms with van der Waals surface area (Å²) in [5.41, 5.74) is 0.568. The minimum absolute atomic E-state index is 0.0316. The van der Waals surface area contributed by atoms with Crippen molar-refractivity contribution in [1.82, 2.24) is 5.32 Å². The monoisotopic (exact) mass is 436 g/mol. The Bertz CT molecular complexity index is 952. The van der Waals surface area contributed by atoms with Gasteiger partial charge in [0.2, 0.25) is 0 Å². The first-order valence-corrected chi connectivity index (χ1v) is 9.92. The average molecular weight is 437 g/mol. The minimum Gasteiger partial charge on any atom is -0.493 e. The lowest BCUT2D eigenvalue weighted by Crippen LogP contribution is -2.24. The van der Waals surface area contributed by atoms with Crippen LogP contribution >= 0.6 is 15.9 Å². The standard InChI is InChI=1S/C18H17BrN2O4S/c1-3-10-20-18(22)13-6-5-7-15(11-13)26(23,24)21-14-8-9-17(25-4-2)16(19)12-14/h1,5-9,11-12,21H,4,10H2,2H3,(H,20,22). The number of nitrogens with one attached hydrogen (secondary N) is 2. The van der Waals surface area contributed by atoms with E-state index >= 15 is 0 Å². The number of terminal acetylenes is 1. The number of carbonyl (C=O) groups is 1. The van der Waals surface area contributed by atoms with Crippen LogP contribution in [0.4, 0.5) is 5.69 Å². The van der Waals surface area contributed by atoms with Gasteiger partial charge in [-0.1, -0.05) is 12.0 Å². The predicted molar refractivity (Wildman–Crippen MR) is 104 cm³/mol. The molecule has 0 saturated heterocycles. The van der Waals surface area contributed by atoms with Crippen molar-refractivity contribution in [2.24, 2.45) is 0 Å². The van der Waals surface area contributed by atoms with Crippen molar-refractivity contribution in [2.45, 2.75) is 11.8 Å². The second kappa shape index (κ2) is 8.74. The highest BCUT2D eigenvalue weighted by molar-refractivity contribution is 9.10. The summed E-state index contributed by atoms with van der Waals surface area (Å²) in [6, 6.07) is 10.6. The Kier molecular flexibility index (Phi) is 6.66. The summed E-state index contributed by atoms with van der Waals surface area (Å²) in [5, 5.41) is 2.49. The molecular formula is C18H17BrN2O4S. The number of benzene rings is 2. The first-order chi connectivity index (χ1) is 12.4. The Balaban J connectivity index is 2.24. The molecule has 0 radical (unpaired) electrons. The van der Waals surface area contributed by atoms with Gasteiger partial charge in [0.05, 0.1) is 28.2 Å². The third-order valence-corrected chi connectivity index (χ3v) is 5.24. The molecule has 0 aliphatic heterocycles. The summed E-state index contributed by atoms with van der Waals surface area (Å²) in [5.74, 6) is 2.46. The quantitative estimate of drug-likeness (QED) is 0.653. The lowest BCUT2D eigenvalue weighted by Gasteiger charge is -2.11. The molecule has 6 nitrogen and oxygen atoms in total. The highest BCUT2D eigenvalue weighted by atomic mass is 79.9. The molecule has 0 aromatic heterocycles. The molecule has 0 aliphatic carbocycles. The van der Waals surface area contributed by atoms with Crippen molar-refractivity contribution >= 4 is 37.5 Å². The van der Waals surface area contributed by atoms with E-state index in [0.717, 1.165) is 0 Å². The Morgan fingerprint density at radius 3 is 2.69 bits per heavy atom. The van der Waals surface area contributed by atoms with Gasteiger partial charge in [-0.15, -0.1) is 6.42 Å². The normalized spacial score (nSPS) is 10.7. The van der Waals surface area contributed by atoms with E-state index in [2.05, 4.69) is 31.9 Å². The molecule has 2 aromatic carbocycles. The number of rotatable bonds is 7. The van der Waals surface area contributed by atoms with Crippen molar-refractivity contribution in [3.05, 3.63) is 52.5 Å². The van der Waals surface area contributed by atoms with Crippen LogP contribution in [0.3, 0.4) is 0 Å². The Morgan fingerprint density at radius 2 is 2.04 bits per heavy atom. The van der Waals surface area contributed by atoms with E-state index in [0.29, 0.717) is 22.5 Å². The summed E-state index contributed by atoms with van der Waals surface area (Å²) >= 11 is 3.34. The van der Waals surface area contributed by atoms with Crippen molar-refractivity contribution in [1.29, 1.82) is 0 Å². The fourth-order valence-corrected chi connectivity index (χ4v) is 3.68. The van der Waals surface area contributed by atoms with Crippen LogP contribution < -0.4 is 14.8 Å². The van der Waals surface area contributed by atoms with Gasteiger partial charge in [-0.3, -0.25) is 9.52 Å². The second-order valence-corrected chi connectivity index (χ2v) is 7.64. The molecule has 0 atom stereocenters. The fraction of sp³-hybridized carbons (Fsp3) is 0.167. The topological polar surface area (TPSA) is 84.5 Å². The van der Waals surface area contributed by atoms with Gasteiger partial charge in [0.1, 0.15) is 5.75 Å². The molecule has 2 aromatic rings. The van der Waals surface area contributed by atoms with Crippen LogP contribution in [0.15, 0.2) is 51.8 Å². The van der Waals surface area contributed by atoms with E-state index in [1.54, 1.807) is 18.2 Å². The van der Waals surface area contributed by atoms with Crippen LogP contribution in [-0.2, 0) is 10.0 Å². The van der Waals surface area contributed by atoms with Crippen molar-refractivity contribution in [3.63, 3.8) is 0 Å². The van der Waals surface area contributed by atoms with Crippen LogP contribution in [0.5, 0.6) is 5.75 Å². The summed E-state index contributed by atoms with van der Waals surface area (Å²) < 4.78 is 33.7. The molecule has 0 heterocycles. The predicted octanol–water partition coefficient (Wildman–Crippen LogP) is 3.01. The number of anilines is 1. The van der Waals surface area contributed by atoms with E-state index in [1.165, 1.54) is 24.3 Å². The van der Waals surface area contributed by atoms with Gasteiger partial charge in [0.15, 0.2) is 0 Å². The maximum absolute atomic E-state index is 12.6. The smallest absolute Gasteiger partial charge is 0.261 e. The van der Waals surface area contributed by atoms with Gasteiger partial charge in [-0.2, -0.15) is 0 Å². The zero-order valence-corrected chi connectivity index (χ0v) is 16.4. The second-order valence-electron chi connectivity index (χ2n) is 5.10. The fourth-order valence-electron chi connectivity index (χ4n) is 2.09. The number of carbonyl (C=O) groups excluding carboxylic acids is 1. The van der Waals surface area contributed by atoms with Gasteiger partial charge in [-0.25, -0.2) is 8.42 Å². The average Bonchev–Trinajstić information content (AvgIpc) is 2.62. The van der Waals surface area contributed by atoms with E-state index in [9.17, 15) is 13.2 Å². The number of hydrogen-bond acceptors (Lipinski definition) is 4. The lowest BCUT2D eigenvalue weighted by molar-refractivity contribution is 0.0958. The minimum atomic E-state index is -3.86. The molecular weight excluding hydrogens is 420 g/mol. The molecule has 0 saturated carbocycles. The van der Waals surface area contributed by atoms with Crippen LogP contribution in [0, 0.1) is 12.3 Å². The number of ether oxygens (including phenoxy) is 1. The number of halogens is 1. The van der Waals surface area contributed by atoms with Gasteiger partial charge in [-0.05, 0) is 59.3 Å². The van der Waals surface area contributed by atoms with Crippen molar-refractivity contribution < 1.29 is 17.9 Å². The Morgan fingerprint density at radius 1 is 1.27 bits per heavy atom. The lowest BCUT2D eigenvalue weighted by atomic mass is 10.2. The third-order valence-electron chi connectivity index (χ3n) is 3.24. The van der Waals surface area contributed by atoms with Crippen LogP contribution in [0.1, 0.15) is 17.3 Å². The molecule has 2 rings (SSSR count). The summed E-state index contributed by atoms with van der Waals surface area (Å²) in [6.07, 6.45) is 5.10. The first-order valence-electron chi connectivity index (χ1n) is 7.64. The molecule has 0 spiro atoms. The summed E-state index contributed by atoms with van der Waals surface area (Å²) in [7, 11) is -3.86. The molecule has 2 N–H and O–H groups in total. The molecule has 0 bridgehead atoms. The number of hydrogen-bond donors (Lipinski definition) is 2. The highest BCUT2D eigenvalue weighted by Crippen LogP contribution is 2.29. The Labute approximate surface area is 161 Å². The Hall–Kier alpha value is -2.50. The van der Waals surface area contributed by atoms with E-state index in [-0.39, 0.29) is 17.0 Å². The van der Waals surface area contributed by atoms with Gasteiger partial charge in [0, 0.05) is 5.56 Å². The van der Waals surface area contributed by atoms with Gasteiger partial charge in [0.25, 0.3) is 15.9 Å². The van der Waals surface area contributed by atoms with Gasteiger partial charge < -0.3 is 10.1 Å². The van der Waals surface area contributed by atoms with Crippen molar-refractivity contribution in [3.8, 4) is 18.1 Å². The third kappa shape index (κ3) is 5.00. The van der Waals surface area contributed by atoms with E-state index in [4.69, 9.17) is 11.2 Å². The molecule has 0 unspecified atom stereocenters. The van der Waals surface area contributed by atoms with Crippen LogP contribution in [-0.4, -0.2) is 27.5 Å². The van der Waals surface area contributed by atoms with Crippen LogP contribution in [0.25, 0.3) is 0 Å². The zero-order valence-electron chi connectivity index (χ0n) is 14.0. The molecule has 0 aliphatic rings. The largest absolute Gasteiger partial charge is 0.493 e. The van der Waals surface area contributed by atoms with E-state index in [1.807, 2.05) is 6.92 Å². The molecule has 8 heteroatoms. The maximum Gasteiger partial charge on any atom is 0.261 e. The first kappa shape index (κ1) is 19.8. The van der Waals surface area contributed by atoms with Gasteiger partial charge >= 0.3 is 0 Å². The summed E-state index contributed by atoms with van der Waals surface area (Å²) in [6.45, 7) is 2.42. The molecule has 136 valence electrons. The summed E-state index contributed by atoms with van der Waals surface area (Å²) in [4.78, 5) is 11.9. The van der Waals surface area contributed by atoms with E-state index < -0.39 is 15.9 Å². The molecule has 1 amide bonds. The number of amides is 1.